The minimum absolute atomic E-state index is 0.170. The van der Waals surface area contributed by atoms with Crippen LogP contribution in [0.2, 0.25) is 0 Å². The van der Waals surface area contributed by atoms with E-state index in [-0.39, 0.29) is 28.8 Å². The Morgan fingerprint density at radius 1 is 1.12 bits per heavy atom. The van der Waals surface area contributed by atoms with E-state index in [1.807, 2.05) is 31.5 Å². The van der Waals surface area contributed by atoms with Crippen LogP contribution in [-0.2, 0) is 13.5 Å². The molecular formula is C28H33NO4. The summed E-state index contributed by atoms with van der Waals surface area (Å²) < 4.78 is 14.1. The van der Waals surface area contributed by atoms with Gasteiger partial charge in [0.15, 0.2) is 11.5 Å². The number of aliphatic hydroxyl groups excluding tert-OH is 1. The molecule has 1 saturated carbocycles. The molecule has 174 valence electrons. The highest BCUT2D eigenvalue weighted by atomic mass is 16.5. The fourth-order valence-electron chi connectivity index (χ4n) is 5.92. The van der Waals surface area contributed by atoms with Crippen LogP contribution in [0, 0.1) is 11.3 Å². The Labute approximate surface area is 195 Å². The lowest BCUT2D eigenvalue weighted by atomic mass is 9.57. The molecule has 3 atom stereocenters. The van der Waals surface area contributed by atoms with Crippen molar-refractivity contribution in [1.29, 1.82) is 0 Å². The fraction of sp³-hybridized carbons (Fsp3) is 0.429. The van der Waals surface area contributed by atoms with Crippen molar-refractivity contribution >= 4 is 23.1 Å². The van der Waals surface area contributed by atoms with Crippen molar-refractivity contribution in [2.75, 3.05) is 7.11 Å². The van der Waals surface area contributed by atoms with Crippen LogP contribution in [-0.4, -0.2) is 33.6 Å². The van der Waals surface area contributed by atoms with Gasteiger partial charge < -0.3 is 24.3 Å². The van der Waals surface area contributed by atoms with Crippen molar-refractivity contribution in [3.63, 3.8) is 0 Å². The second-order valence-corrected chi connectivity index (χ2v) is 10.5. The summed E-state index contributed by atoms with van der Waals surface area (Å²) in [5, 5.41) is 22.6. The van der Waals surface area contributed by atoms with Crippen LogP contribution < -0.4 is 9.47 Å². The maximum Gasteiger partial charge on any atom is 0.164 e. The average molecular weight is 448 g/mol. The molecule has 5 nitrogen and oxygen atoms in total. The van der Waals surface area contributed by atoms with E-state index in [2.05, 4.69) is 43.5 Å². The number of fused-ring (bicyclic) bond motifs is 3. The van der Waals surface area contributed by atoms with Crippen molar-refractivity contribution in [2.24, 2.45) is 18.4 Å². The molecular weight excluding hydrogens is 414 g/mol. The van der Waals surface area contributed by atoms with Crippen LogP contribution >= 0.6 is 0 Å². The third-order valence-electron chi connectivity index (χ3n) is 8.01. The SMILES string of the molecule is COc1cc(C=Cc2cc(O)c3c(c2)C[C@@H]2C(C)(C)[C@H](O)CC[C@@]2(C)O3)cc2c1ccn2C. The van der Waals surface area contributed by atoms with Crippen LogP contribution in [0.5, 0.6) is 17.2 Å². The molecule has 2 N–H and O–H groups in total. The summed E-state index contributed by atoms with van der Waals surface area (Å²) in [6, 6.07) is 10.1. The van der Waals surface area contributed by atoms with Crippen LogP contribution in [0.1, 0.15) is 50.3 Å². The molecule has 1 aliphatic carbocycles. The van der Waals surface area contributed by atoms with Gasteiger partial charge >= 0.3 is 0 Å². The van der Waals surface area contributed by atoms with Crippen molar-refractivity contribution in [3.05, 3.63) is 53.2 Å². The summed E-state index contributed by atoms with van der Waals surface area (Å²) in [4.78, 5) is 0. The van der Waals surface area contributed by atoms with E-state index < -0.39 is 0 Å². The average Bonchev–Trinajstić information content (AvgIpc) is 3.15. The smallest absolute Gasteiger partial charge is 0.164 e. The molecule has 33 heavy (non-hydrogen) atoms. The van der Waals surface area contributed by atoms with Crippen molar-refractivity contribution < 1.29 is 19.7 Å². The van der Waals surface area contributed by atoms with Gasteiger partial charge in [-0.3, -0.25) is 0 Å². The molecule has 0 saturated heterocycles. The minimum Gasteiger partial charge on any atom is -0.504 e. The lowest BCUT2D eigenvalue weighted by molar-refractivity contribution is -0.138. The van der Waals surface area contributed by atoms with E-state index >= 15 is 0 Å². The normalized spacial score (nSPS) is 26.1. The van der Waals surface area contributed by atoms with Gasteiger partial charge in [-0.2, -0.15) is 0 Å². The number of hydrogen-bond donors (Lipinski definition) is 2. The number of aryl methyl sites for hydroxylation is 1. The standard InChI is InChI=1S/C28H33NO4/c1-27(2)24-16-19-12-17(14-22(30)26(19)33-28(24,3)10-8-25(27)31)6-7-18-13-21-20(9-11-29(21)4)23(15-18)32-5/h6-7,9,11-15,24-25,30-31H,8,10,16H2,1-5H3/t24-,25-,28-/m1/s1. The summed E-state index contributed by atoms with van der Waals surface area (Å²) in [5.74, 6) is 1.77. The van der Waals surface area contributed by atoms with Gasteiger partial charge in [-0.1, -0.05) is 26.0 Å². The summed E-state index contributed by atoms with van der Waals surface area (Å²) in [5.41, 5.74) is 3.40. The Morgan fingerprint density at radius 3 is 2.58 bits per heavy atom. The molecule has 1 aliphatic heterocycles. The van der Waals surface area contributed by atoms with Gasteiger partial charge in [-0.15, -0.1) is 0 Å². The zero-order chi connectivity index (χ0) is 23.5. The van der Waals surface area contributed by atoms with E-state index in [1.54, 1.807) is 13.2 Å². The molecule has 2 aliphatic rings. The zero-order valence-electron chi connectivity index (χ0n) is 20.1. The lowest BCUT2D eigenvalue weighted by Gasteiger charge is -2.55. The second-order valence-electron chi connectivity index (χ2n) is 10.5. The summed E-state index contributed by atoms with van der Waals surface area (Å²) in [6.45, 7) is 6.38. The van der Waals surface area contributed by atoms with Crippen LogP contribution in [0.3, 0.4) is 0 Å². The highest BCUT2D eigenvalue weighted by Gasteiger charge is 2.54. The highest BCUT2D eigenvalue weighted by molar-refractivity contribution is 5.90. The van der Waals surface area contributed by atoms with E-state index in [1.165, 1.54) is 0 Å². The number of aliphatic hydroxyl groups is 1. The molecule has 1 aromatic heterocycles. The highest BCUT2D eigenvalue weighted by Crippen LogP contribution is 2.54. The third kappa shape index (κ3) is 3.50. The van der Waals surface area contributed by atoms with Gasteiger partial charge in [0.25, 0.3) is 0 Å². The van der Waals surface area contributed by atoms with Gasteiger partial charge in [-0.25, -0.2) is 0 Å². The Morgan fingerprint density at radius 2 is 1.85 bits per heavy atom. The first kappa shape index (κ1) is 21.9. The van der Waals surface area contributed by atoms with Crippen molar-refractivity contribution in [1.82, 2.24) is 4.57 Å². The summed E-state index contributed by atoms with van der Waals surface area (Å²) in [6.07, 6.45) is 8.00. The topological polar surface area (TPSA) is 63.9 Å². The molecule has 2 heterocycles. The van der Waals surface area contributed by atoms with Gasteiger partial charge in [0, 0.05) is 24.5 Å². The number of methoxy groups -OCH3 is 1. The number of aromatic nitrogens is 1. The van der Waals surface area contributed by atoms with E-state index in [0.29, 0.717) is 12.2 Å². The maximum absolute atomic E-state index is 10.8. The molecule has 1 fully saturated rings. The Kier molecular flexibility index (Phi) is 5.02. The fourth-order valence-corrected chi connectivity index (χ4v) is 5.92. The van der Waals surface area contributed by atoms with Gasteiger partial charge in [0.1, 0.15) is 11.4 Å². The molecule has 0 radical (unpaired) electrons. The van der Waals surface area contributed by atoms with Crippen LogP contribution in [0.15, 0.2) is 36.5 Å². The first-order valence-corrected chi connectivity index (χ1v) is 11.7. The Bertz CT molecular complexity index is 1250. The van der Waals surface area contributed by atoms with Gasteiger partial charge in [0.2, 0.25) is 0 Å². The lowest BCUT2D eigenvalue weighted by Crippen LogP contribution is -2.58. The van der Waals surface area contributed by atoms with Gasteiger partial charge in [-0.05, 0) is 78.6 Å². The number of ether oxygens (including phenoxy) is 2. The first-order valence-electron chi connectivity index (χ1n) is 11.7. The van der Waals surface area contributed by atoms with Crippen molar-refractivity contribution in [2.45, 2.75) is 51.7 Å². The number of phenolic OH excluding ortho intramolecular Hbond substituents is 1. The number of hydrogen-bond acceptors (Lipinski definition) is 4. The Balaban J connectivity index is 1.50. The largest absolute Gasteiger partial charge is 0.504 e. The zero-order valence-corrected chi connectivity index (χ0v) is 20.1. The minimum atomic E-state index is -0.383. The van der Waals surface area contributed by atoms with Crippen LogP contribution in [0.4, 0.5) is 0 Å². The number of benzene rings is 2. The molecule has 0 bridgehead atoms. The van der Waals surface area contributed by atoms with Crippen molar-refractivity contribution in [3.8, 4) is 17.2 Å². The molecule has 5 heteroatoms. The number of phenols is 1. The Hall–Kier alpha value is -2.92. The van der Waals surface area contributed by atoms with E-state index in [0.717, 1.165) is 46.2 Å². The third-order valence-corrected chi connectivity index (χ3v) is 8.01. The van der Waals surface area contributed by atoms with Crippen LogP contribution in [0.25, 0.3) is 23.1 Å². The predicted octanol–water partition coefficient (Wildman–Crippen LogP) is 5.55. The summed E-state index contributed by atoms with van der Waals surface area (Å²) in [7, 11) is 3.71. The quantitative estimate of drug-likeness (QED) is 0.517. The monoisotopic (exact) mass is 447 g/mol. The molecule has 3 aromatic rings. The maximum atomic E-state index is 10.8. The predicted molar refractivity (Wildman–Crippen MR) is 132 cm³/mol. The van der Waals surface area contributed by atoms with Gasteiger partial charge in [0.05, 0.1) is 18.7 Å². The molecule has 5 rings (SSSR count). The second kappa shape index (κ2) is 7.56. The number of rotatable bonds is 3. The molecule has 0 amide bonds. The first-order chi connectivity index (χ1) is 15.6. The molecule has 0 spiro atoms. The molecule has 2 aromatic carbocycles. The summed E-state index contributed by atoms with van der Waals surface area (Å²) >= 11 is 0. The van der Waals surface area contributed by atoms with E-state index in [9.17, 15) is 10.2 Å². The van der Waals surface area contributed by atoms with E-state index in [4.69, 9.17) is 9.47 Å². The molecule has 0 unspecified atom stereocenters. The number of nitrogens with zero attached hydrogens (tertiary/aromatic N) is 1. The number of aromatic hydroxyl groups is 1.